The van der Waals surface area contributed by atoms with E-state index in [9.17, 15) is 27.5 Å². The van der Waals surface area contributed by atoms with E-state index in [-0.39, 0.29) is 37.9 Å². The molecule has 3 rings (SSSR count). The minimum absolute atomic E-state index is 0.0455. The lowest BCUT2D eigenvalue weighted by Crippen LogP contribution is -2.48. The molecule has 1 aliphatic heterocycles. The van der Waals surface area contributed by atoms with Crippen molar-refractivity contribution in [2.45, 2.75) is 32.4 Å². The first kappa shape index (κ1) is 28.4. The van der Waals surface area contributed by atoms with Crippen molar-refractivity contribution in [2.24, 2.45) is 5.92 Å². The Bertz CT molecular complexity index is 1220. The van der Waals surface area contributed by atoms with Gasteiger partial charge < -0.3 is 25.4 Å². The highest BCUT2D eigenvalue weighted by Gasteiger charge is 2.32. The maximum atomic E-state index is 13.2. The highest BCUT2D eigenvalue weighted by atomic mass is 32.2. The van der Waals surface area contributed by atoms with Gasteiger partial charge in [0.15, 0.2) is 0 Å². The molecule has 2 aromatic carbocycles. The Morgan fingerprint density at radius 1 is 1.22 bits per heavy atom. The molecule has 0 bridgehead atoms. The zero-order valence-electron chi connectivity index (χ0n) is 21.3. The van der Waals surface area contributed by atoms with Gasteiger partial charge in [-0.1, -0.05) is 6.92 Å². The third-order valence-electron chi connectivity index (χ3n) is 6.28. The number of halogens is 1. The Labute approximate surface area is 216 Å². The average Bonchev–Trinajstić information content (AvgIpc) is 2.87. The van der Waals surface area contributed by atoms with E-state index in [1.165, 1.54) is 35.6 Å². The number of ether oxygens (including phenoxy) is 1. The normalized spacial score (nSPS) is 19.2. The van der Waals surface area contributed by atoms with Crippen LogP contribution >= 0.6 is 0 Å². The molecule has 202 valence electrons. The number of rotatable bonds is 7. The van der Waals surface area contributed by atoms with Gasteiger partial charge in [0, 0.05) is 36.4 Å². The van der Waals surface area contributed by atoms with Crippen LogP contribution in [0.3, 0.4) is 0 Å². The van der Waals surface area contributed by atoms with Crippen LogP contribution in [0, 0.1) is 11.7 Å². The number of aliphatic hydroxyl groups is 1. The van der Waals surface area contributed by atoms with Crippen molar-refractivity contribution in [2.75, 3.05) is 43.6 Å². The molecule has 0 spiro atoms. The third kappa shape index (κ3) is 7.63. The van der Waals surface area contributed by atoms with E-state index in [2.05, 4.69) is 10.6 Å². The molecule has 3 atom stereocenters. The maximum Gasteiger partial charge on any atom is 0.323 e. The summed E-state index contributed by atoms with van der Waals surface area (Å²) in [5.74, 6) is -0.515. The fraction of sp³-hybridized carbons (Fsp3) is 0.440. The predicted octanol–water partition coefficient (Wildman–Crippen LogP) is 2.51. The molecule has 0 aromatic heterocycles. The van der Waals surface area contributed by atoms with Gasteiger partial charge in [-0.3, -0.25) is 4.79 Å². The van der Waals surface area contributed by atoms with E-state index >= 15 is 0 Å². The molecule has 3 amide bonds. The second kappa shape index (κ2) is 11.9. The smallest absolute Gasteiger partial charge is 0.323 e. The molecule has 0 saturated heterocycles. The number of anilines is 2. The molecular weight excluding hydrogens is 503 g/mol. The molecular formula is C25H33FN4O6S. The summed E-state index contributed by atoms with van der Waals surface area (Å²) in [6, 6.07) is 9.16. The molecule has 0 fully saturated rings. The molecule has 37 heavy (non-hydrogen) atoms. The number of nitrogens with one attached hydrogen (secondary N) is 2. The van der Waals surface area contributed by atoms with Crippen LogP contribution in [0.4, 0.5) is 20.6 Å². The van der Waals surface area contributed by atoms with E-state index in [1.54, 1.807) is 30.0 Å². The van der Waals surface area contributed by atoms with Crippen molar-refractivity contribution in [1.82, 2.24) is 9.21 Å². The number of fused-ring (bicyclic) bond motifs is 1. The van der Waals surface area contributed by atoms with E-state index in [0.29, 0.717) is 22.7 Å². The van der Waals surface area contributed by atoms with Gasteiger partial charge in [0.1, 0.15) is 17.7 Å². The molecule has 12 heteroatoms. The van der Waals surface area contributed by atoms with Crippen molar-refractivity contribution < 1.29 is 32.2 Å². The second-order valence-electron chi connectivity index (χ2n) is 9.34. The summed E-state index contributed by atoms with van der Waals surface area (Å²) in [4.78, 5) is 27.3. The molecule has 0 aliphatic carbocycles. The maximum absolute atomic E-state index is 13.2. The Balaban J connectivity index is 1.89. The molecule has 3 N–H and O–H groups in total. The van der Waals surface area contributed by atoms with Gasteiger partial charge in [0.05, 0.1) is 31.9 Å². The summed E-state index contributed by atoms with van der Waals surface area (Å²) < 4.78 is 44.7. The van der Waals surface area contributed by atoms with Crippen LogP contribution in [0.15, 0.2) is 42.5 Å². The van der Waals surface area contributed by atoms with Gasteiger partial charge >= 0.3 is 6.03 Å². The number of carbonyl (C=O) groups excluding carboxylic acids is 2. The Kier molecular flexibility index (Phi) is 9.11. The van der Waals surface area contributed by atoms with Crippen molar-refractivity contribution in [3.05, 3.63) is 53.8 Å². The monoisotopic (exact) mass is 536 g/mol. The lowest BCUT2D eigenvalue weighted by Gasteiger charge is -2.33. The van der Waals surface area contributed by atoms with Crippen molar-refractivity contribution in [3.8, 4) is 5.75 Å². The Morgan fingerprint density at radius 2 is 1.84 bits per heavy atom. The topological polar surface area (TPSA) is 128 Å². The van der Waals surface area contributed by atoms with Crippen LogP contribution in [-0.2, 0) is 21.2 Å². The largest absolute Gasteiger partial charge is 0.488 e. The summed E-state index contributed by atoms with van der Waals surface area (Å²) in [5.41, 5.74) is 1.30. The quantitative estimate of drug-likeness (QED) is 0.499. The number of carbonyl (C=O) groups is 2. The molecule has 2 aromatic rings. The average molecular weight is 537 g/mol. The number of urea groups is 1. The standard InChI is InChI=1S/C25H33FN4O6S/c1-16-13-30(17(2)15-31)24(32)12-18-11-21(28-25(33)27-20-7-5-19(26)6-8-20)9-10-22(18)36-23(16)14-29(3)37(4,34)35/h5-11,16-17,23,31H,12-15H2,1-4H3,(H2,27,28,33)/t16-,17+,23+/m1/s1. The molecule has 0 radical (unpaired) electrons. The first-order valence-electron chi connectivity index (χ1n) is 11.8. The first-order valence-corrected chi connectivity index (χ1v) is 13.7. The Morgan fingerprint density at radius 3 is 2.46 bits per heavy atom. The van der Waals surface area contributed by atoms with E-state index < -0.39 is 34.0 Å². The van der Waals surface area contributed by atoms with E-state index in [4.69, 9.17) is 4.74 Å². The molecule has 10 nitrogen and oxygen atoms in total. The third-order valence-corrected chi connectivity index (χ3v) is 7.56. The number of likely N-dealkylation sites (N-methyl/N-ethyl adjacent to an activating group) is 1. The fourth-order valence-electron chi connectivity index (χ4n) is 3.94. The highest BCUT2D eigenvalue weighted by molar-refractivity contribution is 7.88. The minimum Gasteiger partial charge on any atom is -0.488 e. The van der Waals surface area contributed by atoms with Crippen LogP contribution in [0.5, 0.6) is 5.75 Å². The Hall–Kier alpha value is -3.22. The predicted molar refractivity (Wildman–Crippen MR) is 139 cm³/mol. The lowest BCUT2D eigenvalue weighted by molar-refractivity contribution is -0.134. The van der Waals surface area contributed by atoms with Gasteiger partial charge in [-0.15, -0.1) is 0 Å². The van der Waals surface area contributed by atoms with Crippen LogP contribution in [-0.4, -0.2) is 79.8 Å². The van der Waals surface area contributed by atoms with E-state index in [0.717, 1.165) is 6.26 Å². The fourth-order valence-corrected chi connectivity index (χ4v) is 4.36. The number of aliphatic hydroxyl groups excluding tert-OH is 1. The summed E-state index contributed by atoms with van der Waals surface area (Å²) in [6.07, 6.45) is 0.480. The zero-order chi connectivity index (χ0) is 27.3. The highest BCUT2D eigenvalue weighted by Crippen LogP contribution is 2.29. The second-order valence-corrected chi connectivity index (χ2v) is 11.4. The van der Waals surface area contributed by atoms with Crippen molar-refractivity contribution in [3.63, 3.8) is 0 Å². The summed E-state index contributed by atoms with van der Waals surface area (Å²) >= 11 is 0. The van der Waals surface area contributed by atoms with E-state index in [1.807, 2.05) is 6.92 Å². The van der Waals surface area contributed by atoms with Crippen LogP contribution in [0.2, 0.25) is 0 Å². The number of nitrogens with zero attached hydrogens (tertiary/aromatic N) is 2. The molecule has 1 aliphatic rings. The van der Waals surface area contributed by atoms with Gasteiger partial charge in [0.2, 0.25) is 15.9 Å². The molecule has 0 saturated carbocycles. The lowest BCUT2D eigenvalue weighted by atomic mass is 10.0. The number of amides is 3. The first-order chi connectivity index (χ1) is 17.4. The van der Waals surface area contributed by atoms with Crippen LogP contribution in [0.1, 0.15) is 19.4 Å². The van der Waals surface area contributed by atoms with Crippen LogP contribution < -0.4 is 15.4 Å². The van der Waals surface area contributed by atoms with Gasteiger partial charge in [-0.2, -0.15) is 0 Å². The molecule has 0 unspecified atom stereocenters. The number of benzene rings is 2. The SMILES string of the molecule is C[C@@H]1CN([C@@H](C)CO)C(=O)Cc2cc(NC(=O)Nc3ccc(F)cc3)ccc2O[C@H]1CN(C)S(C)(=O)=O. The van der Waals surface area contributed by atoms with Crippen molar-refractivity contribution >= 4 is 33.3 Å². The number of sulfonamides is 1. The number of hydrogen-bond acceptors (Lipinski definition) is 6. The van der Waals surface area contributed by atoms with Gasteiger partial charge in [0.25, 0.3) is 0 Å². The molecule has 1 heterocycles. The van der Waals surface area contributed by atoms with Gasteiger partial charge in [-0.25, -0.2) is 21.9 Å². The van der Waals surface area contributed by atoms with Crippen molar-refractivity contribution in [1.29, 1.82) is 0 Å². The van der Waals surface area contributed by atoms with Gasteiger partial charge in [-0.05, 0) is 49.4 Å². The van der Waals surface area contributed by atoms with Crippen LogP contribution in [0.25, 0.3) is 0 Å². The summed E-state index contributed by atoms with van der Waals surface area (Å²) in [5, 5.41) is 15.0. The minimum atomic E-state index is -3.47. The summed E-state index contributed by atoms with van der Waals surface area (Å²) in [7, 11) is -2.01. The number of hydrogen-bond donors (Lipinski definition) is 3. The summed E-state index contributed by atoms with van der Waals surface area (Å²) in [6.45, 7) is 3.70. The zero-order valence-corrected chi connectivity index (χ0v) is 22.1.